The van der Waals surface area contributed by atoms with Gasteiger partial charge in [0.15, 0.2) is 5.78 Å². The van der Waals surface area contributed by atoms with Crippen LogP contribution in [0, 0.1) is 13.8 Å². The molecule has 25 heavy (non-hydrogen) atoms. The number of halogens is 1. The summed E-state index contributed by atoms with van der Waals surface area (Å²) in [5, 5.41) is 3.52. The number of anilines is 2. The van der Waals surface area contributed by atoms with Crippen molar-refractivity contribution in [2.45, 2.75) is 20.8 Å². The van der Waals surface area contributed by atoms with Gasteiger partial charge in [-0.3, -0.25) is 9.59 Å². The second kappa shape index (κ2) is 6.57. The number of hydrogen-bond acceptors (Lipinski definition) is 5. The largest absolute Gasteiger partial charge is 0.397 e. The Morgan fingerprint density at radius 2 is 2.00 bits per heavy atom. The first-order chi connectivity index (χ1) is 11.8. The van der Waals surface area contributed by atoms with Crippen molar-refractivity contribution < 1.29 is 9.59 Å². The van der Waals surface area contributed by atoms with Gasteiger partial charge in [0.25, 0.3) is 5.91 Å². The molecule has 1 aromatic carbocycles. The topological polar surface area (TPSA) is 85.1 Å². The molecule has 3 rings (SSSR count). The van der Waals surface area contributed by atoms with Crippen LogP contribution in [0.5, 0.6) is 0 Å². The minimum atomic E-state index is -0.288. The molecule has 0 fully saturated rings. The van der Waals surface area contributed by atoms with Gasteiger partial charge in [0.1, 0.15) is 9.71 Å². The molecule has 0 bridgehead atoms. The Hall–Kier alpha value is -2.25. The summed E-state index contributed by atoms with van der Waals surface area (Å²) in [4.78, 5) is 29.9. The molecule has 0 saturated carbocycles. The maximum atomic E-state index is 12.7. The maximum absolute atomic E-state index is 12.7. The van der Waals surface area contributed by atoms with Gasteiger partial charge in [0, 0.05) is 26.8 Å². The minimum Gasteiger partial charge on any atom is -0.397 e. The molecule has 0 aliphatic heterocycles. The highest BCUT2D eigenvalue weighted by Crippen LogP contribution is 2.34. The summed E-state index contributed by atoms with van der Waals surface area (Å²) in [6, 6.07) is 7.31. The van der Waals surface area contributed by atoms with Crippen LogP contribution in [0.4, 0.5) is 11.4 Å². The fraction of sp³-hybridized carbons (Fsp3) is 0.167. The van der Waals surface area contributed by atoms with E-state index in [0.29, 0.717) is 37.7 Å². The normalized spacial score (nSPS) is 10.9. The molecule has 3 aromatic rings. The quantitative estimate of drug-likeness (QED) is 0.604. The third kappa shape index (κ3) is 3.17. The fourth-order valence-corrected chi connectivity index (χ4v) is 3.96. The number of Topliss-reactive ketones (excluding diaryl/α,β-unsaturated/α-hetero) is 1. The van der Waals surface area contributed by atoms with E-state index < -0.39 is 0 Å². The number of aromatic nitrogens is 1. The van der Waals surface area contributed by atoms with Gasteiger partial charge in [-0.2, -0.15) is 0 Å². The van der Waals surface area contributed by atoms with Crippen molar-refractivity contribution in [3.05, 3.63) is 50.4 Å². The molecular weight excluding hydrogens is 402 g/mol. The van der Waals surface area contributed by atoms with Crippen LogP contribution in [0.3, 0.4) is 0 Å². The minimum absolute atomic E-state index is 0.0757. The summed E-state index contributed by atoms with van der Waals surface area (Å²) < 4.78 is 0.915. The number of nitrogens with one attached hydrogen (secondary N) is 1. The highest BCUT2D eigenvalue weighted by atomic mass is 79.9. The van der Waals surface area contributed by atoms with Crippen molar-refractivity contribution in [3.63, 3.8) is 0 Å². The Morgan fingerprint density at radius 3 is 2.68 bits per heavy atom. The van der Waals surface area contributed by atoms with Gasteiger partial charge >= 0.3 is 0 Å². The van der Waals surface area contributed by atoms with E-state index in [1.807, 2.05) is 25.1 Å². The van der Waals surface area contributed by atoms with E-state index in [2.05, 4.69) is 26.2 Å². The molecule has 2 aromatic heterocycles. The predicted octanol–water partition coefficient (Wildman–Crippen LogP) is 4.71. The van der Waals surface area contributed by atoms with E-state index in [1.54, 1.807) is 13.0 Å². The molecule has 0 aliphatic carbocycles. The second-order valence-electron chi connectivity index (χ2n) is 5.74. The number of nitrogens with zero attached hydrogens (tertiary/aromatic N) is 1. The number of ketones is 1. The van der Waals surface area contributed by atoms with Crippen LogP contribution in [0.2, 0.25) is 0 Å². The molecule has 0 radical (unpaired) electrons. The molecular formula is C18H16BrN3O2S. The molecule has 1 amide bonds. The monoisotopic (exact) mass is 417 g/mol. The van der Waals surface area contributed by atoms with Crippen molar-refractivity contribution in [2.24, 2.45) is 0 Å². The second-order valence-corrected chi connectivity index (χ2v) is 7.60. The molecule has 7 heteroatoms. The van der Waals surface area contributed by atoms with Gasteiger partial charge < -0.3 is 11.1 Å². The van der Waals surface area contributed by atoms with Crippen molar-refractivity contribution in [1.82, 2.24) is 4.98 Å². The van der Waals surface area contributed by atoms with Crippen LogP contribution in [0.15, 0.2) is 28.7 Å². The number of aryl methyl sites for hydroxylation is 1. The maximum Gasteiger partial charge on any atom is 0.267 e. The highest BCUT2D eigenvalue weighted by molar-refractivity contribution is 9.10. The number of hydrogen-bond donors (Lipinski definition) is 2. The average molecular weight is 418 g/mol. The zero-order valence-corrected chi connectivity index (χ0v) is 16.3. The third-order valence-electron chi connectivity index (χ3n) is 4.01. The zero-order chi connectivity index (χ0) is 18.3. The number of nitrogen functional groups attached to an aromatic ring is 1. The van der Waals surface area contributed by atoms with Crippen LogP contribution < -0.4 is 11.1 Å². The van der Waals surface area contributed by atoms with E-state index in [0.717, 1.165) is 10.0 Å². The molecule has 2 heterocycles. The number of thiophene rings is 1. The van der Waals surface area contributed by atoms with Crippen LogP contribution in [0.1, 0.15) is 38.2 Å². The number of pyridine rings is 1. The summed E-state index contributed by atoms with van der Waals surface area (Å²) >= 11 is 4.67. The summed E-state index contributed by atoms with van der Waals surface area (Å²) in [7, 11) is 0. The van der Waals surface area contributed by atoms with Gasteiger partial charge in [-0.15, -0.1) is 11.3 Å². The van der Waals surface area contributed by atoms with Crippen molar-refractivity contribution in [3.8, 4) is 0 Å². The van der Waals surface area contributed by atoms with Crippen LogP contribution in [-0.4, -0.2) is 16.7 Å². The Bertz CT molecular complexity index is 1030. The molecule has 0 atom stereocenters. The fourth-order valence-electron chi connectivity index (χ4n) is 2.58. The summed E-state index contributed by atoms with van der Waals surface area (Å²) in [5.74, 6) is -0.364. The summed E-state index contributed by atoms with van der Waals surface area (Å²) in [5.41, 5.74) is 9.32. The number of benzene rings is 1. The molecule has 0 spiro atoms. The van der Waals surface area contributed by atoms with Gasteiger partial charge in [-0.25, -0.2) is 4.98 Å². The SMILES string of the molecule is CC(=O)c1cc2c(N)c(C(=O)Nc3cccc(Br)c3C)sc2nc1C. The standard InChI is InChI=1S/C18H16BrN3O2S/c1-8-13(19)5-4-6-14(8)22-17(24)16-15(20)12-7-11(10(3)23)9(2)21-18(12)25-16/h4-7H,20H2,1-3H3,(H,22,24). The van der Waals surface area contributed by atoms with E-state index in [9.17, 15) is 9.59 Å². The first-order valence-corrected chi connectivity index (χ1v) is 9.17. The Kier molecular flexibility index (Phi) is 4.62. The van der Waals surface area contributed by atoms with Gasteiger partial charge in [-0.05, 0) is 44.5 Å². The van der Waals surface area contributed by atoms with E-state index in [1.165, 1.54) is 18.3 Å². The number of rotatable bonds is 3. The van der Waals surface area contributed by atoms with Crippen LogP contribution in [-0.2, 0) is 0 Å². The molecule has 3 N–H and O–H groups in total. The molecule has 0 aliphatic rings. The molecule has 128 valence electrons. The number of carbonyl (C=O) groups is 2. The average Bonchev–Trinajstić information content (AvgIpc) is 2.87. The Balaban J connectivity index is 2.03. The van der Waals surface area contributed by atoms with Crippen molar-refractivity contribution >= 4 is 60.5 Å². The number of carbonyl (C=O) groups excluding carboxylic acids is 2. The lowest BCUT2D eigenvalue weighted by atomic mass is 10.1. The summed E-state index contributed by atoms with van der Waals surface area (Å²) in [6.07, 6.45) is 0. The molecule has 0 unspecified atom stereocenters. The predicted molar refractivity (Wildman–Crippen MR) is 106 cm³/mol. The lowest BCUT2D eigenvalue weighted by molar-refractivity contribution is 0.101. The van der Waals surface area contributed by atoms with Crippen molar-refractivity contribution in [2.75, 3.05) is 11.1 Å². The molecule has 5 nitrogen and oxygen atoms in total. The lowest BCUT2D eigenvalue weighted by Gasteiger charge is -2.09. The Morgan fingerprint density at radius 1 is 1.28 bits per heavy atom. The smallest absolute Gasteiger partial charge is 0.267 e. The first kappa shape index (κ1) is 17.6. The highest BCUT2D eigenvalue weighted by Gasteiger charge is 2.20. The Labute approximate surface area is 157 Å². The third-order valence-corrected chi connectivity index (χ3v) is 5.99. The number of nitrogens with two attached hydrogens (primary N) is 1. The van der Waals surface area contributed by atoms with E-state index >= 15 is 0 Å². The van der Waals surface area contributed by atoms with Gasteiger partial charge in [-0.1, -0.05) is 22.0 Å². The number of amides is 1. The lowest BCUT2D eigenvalue weighted by Crippen LogP contribution is -2.12. The molecule has 0 saturated heterocycles. The summed E-state index contributed by atoms with van der Waals surface area (Å²) in [6.45, 7) is 5.18. The van der Waals surface area contributed by atoms with E-state index in [4.69, 9.17) is 5.73 Å². The van der Waals surface area contributed by atoms with Crippen LogP contribution in [0.25, 0.3) is 10.2 Å². The van der Waals surface area contributed by atoms with Gasteiger partial charge in [0.2, 0.25) is 0 Å². The van der Waals surface area contributed by atoms with Gasteiger partial charge in [0.05, 0.1) is 5.69 Å². The van der Waals surface area contributed by atoms with E-state index in [-0.39, 0.29) is 11.7 Å². The first-order valence-electron chi connectivity index (χ1n) is 7.56. The van der Waals surface area contributed by atoms with Crippen LogP contribution >= 0.6 is 27.3 Å². The van der Waals surface area contributed by atoms with Crippen molar-refractivity contribution in [1.29, 1.82) is 0 Å². The number of fused-ring (bicyclic) bond motifs is 1. The zero-order valence-electron chi connectivity index (χ0n) is 13.9.